The number of amides is 2. The van der Waals surface area contributed by atoms with E-state index < -0.39 is 17.3 Å². The molecule has 0 aliphatic carbocycles. The van der Waals surface area contributed by atoms with Gasteiger partial charge in [0.1, 0.15) is 11.4 Å². The fourth-order valence-electron chi connectivity index (χ4n) is 3.32. The smallest absolute Gasteiger partial charge is 0.259 e. The highest BCUT2D eigenvalue weighted by Crippen LogP contribution is 2.37. The van der Waals surface area contributed by atoms with Gasteiger partial charge in [0.15, 0.2) is 10.8 Å². The number of nitrogens with one attached hydrogen (secondary N) is 1. The molecule has 0 atom stereocenters. The molecule has 2 aromatic carbocycles. The molecule has 2 aromatic rings. The van der Waals surface area contributed by atoms with E-state index in [0.717, 1.165) is 5.56 Å². The molecule has 6 nitrogen and oxygen atoms in total. The van der Waals surface area contributed by atoms with Gasteiger partial charge in [-0.2, -0.15) is 0 Å². The van der Waals surface area contributed by atoms with Crippen LogP contribution < -0.4 is 15.1 Å². The zero-order chi connectivity index (χ0) is 21.5. The number of hydrogen-bond donors (Lipinski definition) is 1. The van der Waals surface area contributed by atoms with E-state index in [2.05, 4.69) is 10.2 Å². The first kappa shape index (κ1) is 20.4. The van der Waals surface area contributed by atoms with E-state index in [-0.39, 0.29) is 16.6 Å². The molecule has 0 saturated carbocycles. The molecular formula is C21H19FN4O2S. The molecule has 0 unspecified atom stereocenters. The minimum Gasteiger partial charge on any atom is -0.355 e. The summed E-state index contributed by atoms with van der Waals surface area (Å²) in [5.41, 5.74) is 0.982. The predicted octanol–water partition coefficient (Wildman–Crippen LogP) is 3.96. The maximum Gasteiger partial charge on any atom is 0.259 e. The van der Waals surface area contributed by atoms with E-state index >= 15 is 0 Å². The van der Waals surface area contributed by atoms with Crippen LogP contribution in [0.5, 0.6) is 0 Å². The van der Waals surface area contributed by atoms with Crippen molar-refractivity contribution in [3.8, 4) is 0 Å². The Bertz CT molecular complexity index is 1090. The average Bonchev–Trinajstić information content (AvgIpc) is 2.85. The number of carbonyl (C=O) groups excluding carboxylic acids is 2. The summed E-state index contributed by atoms with van der Waals surface area (Å²) in [7, 11) is 1.42. The lowest BCUT2D eigenvalue weighted by Gasteiger charge is -2.29. The Balaban J connectivity index is 2.06. The van der Waals surface area contributed by atoms with Crippen LogP contribution in [0.1, 0.15) is 29.8 Å². The fourth-order valence-corrected chi connectivity index (χ4v) is 3.84. The van der Waals surface area contributed by atoms with Crippen molar-refractivity contribution < 1.29 is 14.0 Å². The molecular weight excluding hydrogens is 391 g/mol. The van der Waals surface area contributed by atoms with Crippen LogP contribution in [0.4, 0.5) is 21.5 Å². The number of aryl methyl sites for hydroxylation is 1. The third-order valence-electron chi connectivity index (χ3n) is 4.91. The van der Waals surface area contributed by atoms with Crippen molar-refractivity contribution in [1.29, 1.82) is 0 Å². The molecule has 1 aliphatic heterocycles. The van der Waals surface area contributed by atoms with Gasteiger partial charge in [0.2, 0.25) is 0 Å². The van der Waals surface area contributed by atoms with Crippen molar-refractivity contribution in [2.75, 3.05) is 16.8 Å². The predicted molar refractivity (Wildman–Crippen MR) is 114 cm³/mol. The summed E-state index contributed by atoms with van der Waals surface area (Å²) in [4.78, 5) is 31.3. The first-order chi connectivity index (χ1) is 13.6. The van der Waals surface area contributed by atoms with E-state index in [9.17, 15) is 14.0 Å². The van der Waals surface area contributed by atoms with E-state index in [4.69, 9.17) is 18.8 Å². The lowest BCUT2D eigenvalue weighted by Crippen LogP contribution is -2.44. The largest absolute Gasteiger partial charge is 0.355 e. The van der Waals surface area contributed by atoms with Gasteiger partial charge >= 0.3 is 0 Å². The minimum absolute atomic E-state index is 0.0901. The molecule has 3 rings (SSSR count). The number of benzene rings is 2. The Kier molecular flexibility index (Phi) is 5.11. The lowest BCUT2D eigenvalue weighted by molar-refractivity contribution is -0.120. The third kappa shape index (κ3) is 3.23. The number of carbonyl (C=O) groups is 2. The van der Waals surface area contributed by atoms with Gasteiger partial charge in [-0.15, -0.1) is 0 Å². The molecule has 0 aromatic heterocycles. The van der Waals surface area contributed by atoms with Crippen molar-refractivity contribution in [3.05, 3.63) is 64.8 Å². The normalized spacial score (nSPS) is 15.4. The summed E-state index contributed by atoms with van der Waals surface area (Å²) in [5, 5.41) is 2.58. The van der Waals surface area contributed by atoms with Gasteiger partial charge in [0.25, 0.3) is 11.8 Å². The van der Waals surface area contributed by atoms with Gasteiger partial charge in [-0.25, -0.2) is 9.24 Å². The highest BCUT2D eigenvalue weighted by atomic mass is 32.1. The van der Waals surface area contributed by atoms with Crippen LogP contribution in [-0.2, 0) is 4.79 Å². The molecule has 1 saturated heterocycles. The van der Waals surface area contributed by atoms with Crippen LogP contribution in [0.25, 0.3) is 4.85 Å². The van der Waals surface area contributed by atoms with Gasteiger partial charge in [-0.3, -0.25) is 14.5 Å². The molecule has 1 N–H and O–H groups in total. The standard InChI is InChI=1S/C21H19FN4O2S/c1-12-10-13(7-9-17(12)23-4)25-19(28)21(2,3)26(20(25)29)14-6-8-15(16(22)11-14)18(27)24-5/h6-11H,1-3,5H3,(H,24,27). The second-order valence-corrected chi connectivity index (χ2v) is 7.51. The molecule has 2 amide bonds. The van der Waals surface area contributed by atoms with E-state index in [1.807, 2.05) is 0 Å². The van der Waals surface area contributed by atoms with Crippen LogP contribution in [0.2, 0.25) is 0 Å². The summed E-state index contributed by atoms with van der Waals surface area (Å²) in [6.07, 6.45) is 0. The maximum absolute atomic E-state index is 14.5. The molecule has 1 aliphatic rings. The average molecular weight is 410 g/mol. The van der Waals surface area contributed by atoms with Gasteiger partial charge in [-0.1, -0.05) is 6.07 Å². The fraction of sp³-hybridized carbons (Fsp3) is 0.238. The number of rotatable bonds is 3. The molecule has 0 radical (unpaired) electrons. The highest BCUT2D eigenvalue weighted by Gasteiger charge is 2.50. The zero-order valence-electron chi connectivity index (χ0n) is 16.4. The summed E-state index contributed by atoms with van der Waals surface area (Å²) in [6.45, 7) is 12.4. The number of anilines is 2. The molecule has 0 spiro atoms. The second-order valence-electron chi connectivity index (χ2n) is 7.14. The quantitative estimate of drug-likeness (QED) is 0.615. The van der Waals surface area contributed by atoms with E-state index in [1.54, 1.807) is 49.9 Å². The summed E-state index contributed by atoms with van der Waals surface area (Å²) in [5.74, 6) is -1.51. The Morgan fingerprint density at radius 2 is 1.86 bits per heavy atom. The maximum atomic E-state index is 14.5. The number of hydrogen-bond acceptors (Lipinski definition) is 3. The SMILES string of the molecule is [C-]#[N+]c1ccc(N2C(=O)C(C)(C)N(c3ccc(C(=O)NC)c(F)c3)C2=S)cc1C. The Hall–Kier alpha value is -3.31. The van der Waals surface area contributed by atoms with Gasteiger partial charge < -0.3 is 10.2 Å². The first-order valence-electron chi connectivity index (χ1n) is 8.82. The second kappa shape index (κ2) is 7.26. The Morgan fingerprint density at radius 3 is 2.41 bits per heavy atom. The highest BCUT2D eigenvalue weighted by molar-refractivity contribution is 7.81. The van der Waals surface area contributed by atoms with E-state index in [1.165, 1.54) is 24.1 Å². The van der Waals surface area contributed by atoms with Crippen LogP contribution in [0.3, 0.4) is 0 Å². The van der Waals surface area contributed by atoms with Crippen molar-refractivity contribution >= 4 is 46.2 Å². The molecule has 0 bridgehead atoms. The van der Waals surface area contributed by atoms with Crippen LogP contribution in [0.15, 0.2) is 36.4 Å². The summed E-state index contributed by atoms with van der Waals surface area (Å²) < 4.78 is 14.5. The van der Waals surface area contributed by atoms with Crippen LogP contribution >= 0.6 is 12.2 Å². The molecule has 1 heterocycles. The summed E-state index contributed by atoms with van der Waals surface area (Å²) in [6, 6.07) is 9.16. The first-order valence-corrected chi connectivity index (χ1v) is 9.22. The van der Waals surface area contributed by atoms with Gasteiger partial charge in [0.05, 0.1) is 12.1 Å². The number of thiocarbonyl (C=S) groups is 1. The molecule has 1 fully saturated rings. The van der Waals surface area contributed by atoms with Crippen molar-refractivity contribution in [2.45, 2.75) is 26.3 Å². The molecule has 8 heteroatoms. The van der Waals surface area contributed by atoms with Gasteiger partial charge in [-0.05, 0) is 68.9 Å². The Labute approximate surface area is 173 Å². The van der Waals surface area contributed by atoms with Crippen LogP contribution in [-0.4, -0.2) is 29.5 Å². The van der Waals surface area contributed by atoms with Crippen molar-refractivity contribution in [2.24, 2.45) is 0 Å². The number of halogens is 1. The number of nitrogens with zero attached hydrogens (tertiary/aromatic N) is 3. The van der Waals surface area contributed by atoms with Crippen molar-refractivity contribution in [1.82, 2.24) is 5.32 Å². The van der Waals surface area contributed by atoms with E-state index in [0.29, 0.717) is 17.1 Å². The van der Waals surface area contributed by atoms with Gasteiger partial charge in [0, 0.05) is 18.4 Å². The zero-order valence-corrected chi connectivity index (χ0v) is 17.2. The third-order valence-corrected chi connectivity index (χ3v) is 5.27. The molecule has 29 heavy (non-hydrogen) atoms. The summed E-state index contributed by atoms with van der Waals surface area (Å²) >= 11 is 5.58. The topological polar surface area (TPSA) is 57.0 Å². The minimum atomic E-state index is -1.07. The van der Waals surface area contributed by atoms with Crippen LogP contribution in [0, 0.1) is 19.3 Å². The molecule has 148 valence electrons. The van der Waals surface area contributed by atoms with Crippen molar-refractivity contribution in [3.63, 3.8) is 0 Å². The lowest BCUT2D eigenvalue weighted by atomic mass is 10.0. The monoisotopic (exact) mass is 410 g/mol. The Morgan fingerprint density at radius 1 is 1.21 bits per heavy atom.